The van der Waals surface area contributed by atoms with Crippen molar-refractivity contribution in [2.24, 2.45) is 4.99 Å². The fraction of sp³-hybridized carbons (Fsp3) is 0.444. The largest absolute Gasteiger partial charge is 0.454 e. The number of aliphatic imine (C=N–C) groups is 1. The van der Waals surface area contributed by atoms with E-state index in [2.05, 4.69) is 24.2 Å². The molecule has 1 N–H and O–H groups in total. The first-order valence-corrected chi connectivity index (χ1v) is 8.47. The molecule has 1 aromatic carbocycles. The van der Waals surface area contributed by atoms with Gasteiger partial charge in [0.25, 0.3) is 5.91 Å². The molecule has 2 aliphatic rings. The zero-order chi connectivity index (χ0) is 16.9. The van der Waals surface area contributed by atoms with Gasteiger partial charge in [-0.3, -0.25) is 14.7 Å². The minimum Gasteiger partial charge on any atom is -0.454 e. The number of rotatable bonds is 6. The highest BCUT2D eigenvalue weighted by Gasteiger charge is 2.31. The van der Waals surface area contributed by atoms with Gasteiger partial charge >= 0.3 is 0 Å². The second-order valence-electron chi connectivity index (χ2n) is 5.81. The molecule has 1 fully saturated rings. The van der Waals surface area contributed by atoms with Crippen LogP contribution >= 0.6 is 0 Å². The lowest BCUT2D eigenvalue weighted by Gasteiger charge is -2.14. The summed E-state index contributed by atoms with van der Waals surface area (Å²) in [5.41, 5.74) is 1.43. The first-order valence-electron chi connectivity index (χ1n) is 8.47. The number of ether oxygens (including phenoxy) is 2. The lowest BCUT2D eigenvalue weighted by atomic mass is 10.1. The number of carbonyl (C=O) groups excluding carboxylic acids is 1. The van der Waals surface area contributed by atoms with Gasteiger partial charge in [0, 0.05) is 13.1 Å². The van der Waals surface area contributed by atoms with E-state index in [9.17, 15) is 4.79 Å². The first kappa shape index (κ1) is 16.4. The van der Waals surface area contributed by atoms with E-state index in [0.717, 1.165) is 30.6 Å². The average Bonchev–Trinajstić information content (AvgIpc) is 3.16. The van der Waals surface area contributed by atoms with Gasteiger partial charge in [-0.1, -0.05) is 26.3 Å². The van der Waals surface area contributed by atoms with Crippen molar-refractivity contribution in [1.82, 2.24) is 10.2 Å². The Bertz CT molecular complexity index is 682. The van der Waals surface area contributed by atoms with Crippen LogP contribution in [0.2, 0.25) is 0 Å². The Balaban J connectivity index is 1.83. The molecule has 2 heterocycles. The number of nitrogens with zero attached hydrogens (tertiary/aromatic N) is 2. The second kappa shape index (κ2) is 7.38. The summed E-state index contributed by atoms with van der Waals surface area (Å²) < 4.78 is 10.7. The van der Waals surface area contributed by atoms with Gasteiger partial charge in [-0.25, -0.2) is 0 Å². The number of guanidine groups is 1. The van der Waals surface area contributed by atoms with E-state index < -0.39 is 0 Å². The molecule has 0 aliphatic carbocycles. The zero-order valence-corrected chi connectivity index (χ0v) is 14.2. The molecule has 6 heteroatoms. The average molecular weight is 329 g/mol. The molecule has 1 aromatic rings. The van der Waals surface area contributed by atoms with Gasteiger partial charge < -0.3 is 14.8 Å². The highest BCUT2D eigenvalue weighted by molar-refractivity contribution is 6.15. The van der Waals surface area contributed by atoms with Crippen LogP contribution in [0.1, 0.15) is 38.7 Å². The van der Waals surface area contributed by atoms with Crippen LogP contribution < -0.4 is 14.8 Å². The van der Waals surface area contributed by atoms with Gasteiger partial charge in [-0.15, -0.1) is 0 Å². The van der Waals surface area contributed by atoms with Crippen LogP contribution in [0.4, 0.5) is 0 Å². The summed E-state index contributed by atoms with van der Waals surface area (Å²) in [7, 11) is 0. The maximum atomic E-state index is 12.7. The molecule has 0 spiro atoms. The van der Waals surface area contributed by atoms with E-state index in [1.54, 1.807) is 4.90 Å². The molecule has 1 saturated heterocycles. The molecule has 2 aliphatic heterocycles. The van der Waals surface area contributed by atoms with E-state index in [0.29, 0.717) is 30.5 Å². The summed E-state index contributed by atoms with van der Waals surface area (Å²) >= 11 is 0. The van der Waals surface area contributed by atoms with Gasteiger partial charge in [0.15, 0.2) is 11.5 Å². The highest BCUT2D eigenvalue weighted by Crippen LogP contribution is 2.33. The molecule has 128 valence electrons. The van der Waals surface area contributed by atoms with Gasteiger partial charge in [-0.2, -0.15) is 0 Å². The summed E-state index contributed by atoms with van der Waals surface area (Å²) in [4.78, 5) is 18.9. The normalized spacial score (nSPS) is 19.4. The van der Waals surface area contributed by atoms with E-state index in [1.165, 1.54) is 0 Å². The van der Waals surface area contributed by atoms with Crippen molar-refractivity contribution in [3.05, 3.63) is 29.5 Å². The predicted molar refractivity (Wildman–Crippen MR) is 92.9 cm³/mol. The minimum atomic E-state index is -0.0315. The van der Waals surface area contributed by atoms with E-state index in [1.807, 2.05) is 24.3 Å². The molecule has 0 saturated carbocycles. The Hall–Kier alpha value is -2.50. The van der Waals surface area contributed by atoms with Gasteiger partial charge in [0.1, 0.15) is 5.70 Å². The fourth-order valence-electron chi connectivity index (χ4n) is 2.62. The van der Waals surface area contributed by atoms with Gasteiger partial charge in [-0.05, 0) is 36.6 Å². The van der Waals surface area contributed by atoms with Crippen molar-refractivity contribution in [3.8, 4) is 11.5 Å². The number of amides is 1. The molecular formula is C18H23N3O3. The topological polar surface area (TPSA) is 63.2 Å². The molecule has 0 radical (unpaired) electrons. The molecular weight excluding hydrogens is 306 g/mol. The molecule has 6 nitrogen and oxygen atoms in total. The summed E-state index contributed by atoms with van der Waals surface area (Å²) in [6.45, 7) is 5.81. The van der Waals surface area contributed by atoms with Crippen LogP contribution in [-0.4, -0.2) is 36.6 Å². The molecule has 0 bridgehead atoms. The predicted octanol–water partition coefficient (Wildman–Crippen LogP) is 2.75. The standard InChI is InChI=1S/C18H23N3O3/c1-3-5-9-21-17(22)14(20-18(21)19-8-4-2)10-13-6-7-15-16(11-13)24-12-23-15/h6-7,10-11H,3-5,8-9,12H2,1-2H3,(H,19,20)/b14-10-. The first-order chi connectivity index (χ1) is 11.7. The van der Waals surface area contributed by atoms with Crippen molar-refractivity contribution in [2.75, 3.05) is 19.9 Å². The lowest BCUT2D eigenvalue weighted by molar-refractivity contribution is -0.122. The Morgan fingerprint density at radius 2 is 2.08 bits per heavy atom. The Morgan fingerprint density at radius 3 is 2.88 bits per heavy atom. The second-order valence-corrected chi connectivity index (χ2v) is 5.81. The minimum absolute atomic E-state index is 0.0315. The third-order valence-corrected chi connectivity index (χ3v) is 3.91. The number of hydrogen-bond acceptors (Lipinski definition) is 4. The number of benzene rings is 1. The van der Waals surface area contributed by atoms with Crippen molar-refractivity contribution in [3.63, 3.8) is 0 Å². The van der Waals surface area contributed by atoms with Crippen LogP contribution in [0.25, 0.3) is 6.08 Å². The molecule has 0 atom stereocenters. The van der Waals surface area contributed by atoms with Crippen molar-refractivity contribution < 1.29 is 14.3 Å². The summed E-state index contributed by atoms with van der Waals surface area (Å²) in [5, 5.41) is 3.17. The highest BCUT2D eigenvalue weighted by atomic mass is 16.7. The summed E-state index contributed by atoms with van der Waals surface area (Å²) in [6, 6.07) is 5.64. The quantitative estimate of drug-likeness (QED) is 0.815. The Kier molecular flexibility index (Phi) is 5.03. The number of fused-ring (bicyclic) bond motifs is 1. The van der Waals surface area contributed by atoms with Gasteiger partial charge in [0.05, 0.1) is 0 Å². The smallest absolute Gasteiger partial charge is 0.277 e. The Morgan fingerprint density at radius 1 is 1.25 bits per heavy atom. The number of nitrogens with one attached hydrogen (secondary N) is 1. The number of unbranched alkanes of at least 4 members (excludes halogenated alkanes) is 1. The Labute approximate surface area is 142 Å². The maximum absolute atomic E-state index is 12.7. The molecule has 3 rings (SSSR count). The summed E-state index contributed by atoms with van der Waals surface area (Å²) in [6.07, 6.45) is 4.77. The molecule has 24 heavy (non-hydrogen) atoms. The monoisotopic (exact) mass is 329 g/mol. The molecule has 0 unspecified atom stereocenters. The van der Waals surface area contributed by atoms with Crippen LogP contribution in [0.5, 0.6) is 11.5 Å². The van der Waals surface area contributed by atoms with Crippen LogP contribution in [0.3, 0.4) is 0 Å². The maximum Gasteiger partial charge on any atom is 0.277 e. The van der Waals surface area contributed by atoms with Crippen molar-refractivity contribution in [2.45, 2.75) is 33.1 Å². The van der Waals surface area contributed by atoms with Crippen molar-refractivity contribution in [1.29, 1.82) is 0 Å². The molecule has 1 amide bonds. The van der Waals surface area contributed by atoms with Crippen LogP contribution in [-0.2, 0) is 4.79 Å². The van der Waals surface area contributed by atoms with E-state index >= 15 is 0 Å². The third kappa shape index (κ3) is 3.37. The van der Waals surface area contributed by atoms with Crippen LogP contribution in [0.15, 0.2) is 28.9 Å². The van der Waals surface area contributed by atoms with E-state index in [-0.39, 0.29) is 12.7 Å². The SMILES string of the molecule is CCCCN1C(=O)/C(=C/c2ccc3c(c2)OCO3)NC1=NCCC. The van der Waals surface area contributed by atoms with E-state index in [4.69, 9.17) is 9.47 Å². The number of carbonyl (C=O) groups is 1. The third-order valence-electron chi connectivity index (χ3n) is 3.91. The lowest BCUT2D eigenvalue weighted by Crippen LogP contribution is -2.33. The molecule has 0 aromatic heterocycles. The van der Waals surface area contributed by atoms with Crippen LogP contribution in [0, 0.1) is 0 Å². The zero-order valence-electron chi connectivity index (χ0n) is 14.2. The number of hydrogen-bond donors (Lipinski definition) is 1. The summed E-state index contributed by atoms with van der Waals surface area (Å²) in [5.74, 6) is 2.06. The van der Waals surface area contributed by atoms with Crippen molar-refractivity contribution >= 4 is 17.9 Å². The fourth-order valence-corrected chi connectivity index (χ4v) is 2.62. The van der Waals surface area contributed by atoms with Gasteiger partial charge in [0.2, 0.25) is 12.8 Å².